The summed E-state index contributed by atoms with van der Waals surface area (Å²) in [5.41, 5.74) is 1.19. The van der Waals surface area contributed by atoms with Crippen LogP contribution in [-0.4, -0.2) is 36.5 Å². The number of hydrogen-bond acceptors (Lipinski definition) is 3. The van der Waals surface area contributed by atoms with E-state index in [0.717, 1.165) is 13.0 Å². The van der Waals surface area contributed by atoms with Gasteiger partial charge in [-0.1, -0.05) is 6.42 Å². The second-order valence-corrected chi connectivity index (χ2v) is 5.68. The number of carbonyl (C=O) groups is 1. The summed E-state index contributed by atoms with van der Waals surface area (Å²) in [6, 6.07) is 9.45. The van der Waals surface area contributed by atoms with Gasteiger partial charge in [-0.2, -0.15) is 5.26 Å². The summed E-state index contributed by atoms with van der Waals surface area (Å²) in [6.07, 6.45) is 4.90. The van der Waals surface area contributed by atoms with Crippen molar-refractivity contribution < 1.29 is 4.79 Å². The van der Waals surface area contributed by atoms with Crippen molar-refractivity contribution in [3.63, 3.8) is 0 Å². The van der Waals surface area contributed by atoms with Crippen LogP contribution >= 0.6 is 0 Å². The van der Waals surface area contributed by atoms with Gasteiger partial charge in [-0.05, 0) is 57.0 Å². The Balaban J connectivity index is 1.70. The van der Waals surface area contributed by atoms with Gasteiger partial charge in [0.15, 0.2) is 0 Å². The average molecular weight is 285 g/mol. The fourth-order valence-corrected chi connectivity index (χ4v) is 2.77. The molecular formula is C17H23N3O. The minimum Gasteiger partial charge on any atom is -0.352 e. The SMILES string of the molecule is C[C@H]1CCCCN1CCCNC(=O)c1ccc(C#N)cc1. The molecule has 0 aliphatic carbocycles. The molecule has 4 nitrogen and oxygen atoms in total. The van der Waals surface area contributed by atoms with Gasteiger partial charge < -0.3 is 10.2 Å². The first kappa shape index (κ1) is 15.5. The van der Waals surface area contributed by atoms with E-state index in [1.54, 1.807) is 24.3 Å². The van der Waals surface area contributed by atoms with Crippen LogP contribution in [0.15, 0.2) is 24.3 Å². The van der Waals surface area contributed by atoms with Gasteiger partial charge in [-0.15, -0.1) is 0 Å². The van der Waals surface area contributed by atoms with Gasteiger partial charge in [0, 0.05) is 24.7 Å². The van der Waals surface area contributed by atoms with E-state index in [4.69, 9.17) is 5.26 Å². The third kappa shape index (κ3) is 4.57. The maximum absolute atomic E-state index is 12.0. The van der Waals surface area contributed by atoms with Crippen LogP contribution in [0.1, 0.15) is 48.5 Å². The largest absolute Gasteiger partial charge is 0.352 e. The number of nitrogens with one attached hydrogen (secondary N) is 1. The summed E-state index contributed by atoms with van der Waals surface area (Å²) in [7, 11) is 0. The Hall–Kier alpha value is -1.86. The van der Waals surface area contributed by atoms with Crippen molar-refractivity contribution in [2.45, 2.75) is 38.6 Å². The van der Waals surface area contributed by atoms with Crippen LogP contribution in [-0.2, 0) is 0 Å². The molecule has 1 N–H and O–H groups in total. The van der Waals surface area contributed by atoms with Crippen molar-refractivity contribution in [1.82, 2.24) is 10.2 Å². The van der Waals surface area contributed by atoms with Crippen LogP contribution in [0.2, 0.25) is 0 Å². The normalized spacial score (nSPS) is 19.0. The summed E-state index contributed by atoms with van der Waals surface area (Å²) in [5.74, 6) is -0.0637. The molecule has 21 heavy (non-hydrogen) atoms. The third-order valence-corrected chi connectivity index (χ3v) is 4.12. The fourth-order valence-electron chi connectivity index (χ4n) is 2.77. The molecule has 0 radical (unpaired) electrons. The lowest BCUT2D eigenvalue weighted by atomic mass is 10.0. The number of benzene rings is 1. The van der Waals surface area contributed by atoms with Gasteiger partial charge in [0.1, 0.15) is 0 Å². The van der Waals surface area contributed by atoms with Gasteiger partial charge >= 0.3 is 0 Å². The first-order chi connectivity index (χ1) is 10.2. The number of nitrogens with zero attached hydrogens (tertiary/aromatic N) is 2. The van der Waals surface area contributed by atoms with E-state index in [-0.39, 0.29) is 5.91 Å². The van der Waals surface area contributed by atoms with Crippen LogP contribution in [0.25, 0.3) is 0 Å². The fraction of sp³-hybridized carbons (Fsp3) is 0.529. The number of piperidine rings is 1. The van der Waals surface area contributed by atoms with E-state index < -0.39 is 0 Å². The predicted molar refractivity (Wildman–Crippen MR) is 83.0 cm³/mol. The molecule has 1 aliphatic heterocycles. The smallest absolute Gasteiger partial charge is 0.251 e. The molecule has 1 aliphatic rings. The van der Waals surface area contributed by atoms with E-state index in [1.165, 1.54) is 25.8 Å². The lowest BCUT2D eigenvalue weighted by Gasteiger charge is -2.33. The Morgan fingerprint density at radius 3 is 2.81 bits per heavy atom. The van der Waals surface area contributed by atoms with Crippen LogP contribution in [0, 0.1) is 11.3 Å². The van der Waals surface area contributed by atoms with Crippen molar-refractivity contribution in [3.05, 3.63) is 35.4 Å². The minimum atomic E-state index is -0.0637. The maximum atomic E-state index is 12.0. The zero-order valence-electron chi connectivity index (χ0n) is 12.6. The first-order valence-electron chi connectivity index (χ1n) is 7.73. The Bertz CT molecular complexity index is 504. The van der Waals surface area contributed by atoms with E-state index in [2.05, 4.69) is 17.1 Å². The van der Waals surface area contributed by atoms with Crippen molar-refractivity contribution in [2.75, 3.05) is 19.6 Å². The Kier molecular flexibility index (Phi) is 5.77. The molecule has 4 heteroatoms. The zero-order chi connectivity index (χ0) is 15.1. The summed E-state index contributed by atoms with van der Waals surface area (Å²) in [4.78, 5) is 14.5. The van der Waals surface area contributed by atoms with Crippen LogP contribution < -0.4 is 5.32 Å². The average Bonchev–Trinajstić information content (AvgIpc) is 2.53. The van der Waals surface area contributed by atoms with Crippen LogP contribution in [0.5, 0.6) is 0 Å². The van der Waals surface area contributed by atoms with E-state index in [9.17, 15) is 4.79 Å². The molecule has 0 aromatic heterocycles. The molecular weight excluding hydrogens is 262 g/mol. The highest BCUT2D eigenvalue weighted by Gasteiger charge is 2.17. The molecule has 112 valence electrons. The van der Waals surface area contributed by atoms with Crippen LogP contribution in [0.3, 0.4) is 0 Å². The third-order valence-electron chi connectivity index (χ3n) is 4.12. The Morgan fingerprint density at radius 2 is 2.14 bits per heavy atom. The molecule has 1 saturated heterocycles. The van der Waals surface area contributed by atoms with Gasteiger partial charge in [0.2, 0.25) is 0 Å². The highest BCUT2D eigenvalue weighted by atomic mass is 16.1. The second-order valence-electron chi connectivity index (χ2n) is 5.68. The molecule has 0 spiro atoms. The van der Waals surface area contributed by atoms with Gasteiger partial charge in [-0.3, -0.25) is 4.79 Å². The number of amides is 1. The topological polar surface area (TPSA) is 56.1 Å². The minimum absolute atomic E-state index is 0.0637. The summed E-state index contributed by atoms with van der Waals surface area (Å²) in [5, 5.41) is 11.7. The highest BCUT2D eigenvalue weighted by Crippen LogP contribution is 2.16. The van der Waals surface area contributed by atoms with Gasteiger partial charge in [0.25, 0.3) is 5.91 Å². The number of nitriles is 1. The van der Waals surface area contributed by atoms with E-state index >= 15 is 0 Å². The van der Waals surface area contributed by atoms with Crippen molar-refractivity contribution in [3.8, 4) is 6.07 Å². The quantitative estimate of drug-likeness (QED) is 0.846. The molecule has 1 atom stereocenters. The van der Waals surface area contributed by atoms with E-state index in [1.807, 2.05) is 6.07 Å². The number of hydrogen-bond donors (Lipinski definition) is 1. The molecule has 1 aromatic carbocycles. The molecule has 1 heterocycles. The van der Waals surface area contributed by atoms with Gasteiger partial charge in [-0.25, -0.2) is 0 Å². The molecule has 1 aromatic rings. The highest BCUT2D eigenvalue weighted by molar-refractivity contribution is 5.94. The molecule has 1 fully saturated rings. The molecule has 0 bridgehead atoms. The lowest BCUT2D eigenvalue weighted by Crippen LogP contribution is -2.39. The number of rotatable bonds is 5. The summed E-state index contributed by atoms with van der Waals surface area (Å²) < 4.78 is 0. The van der Waals surface area contributed by atoms with Crippen molar-refractivity contribution in [2.24, 2.45) is 0 Å². The lowest BCUT2D eigenvalue weighted by molar-refractivity contribution is 0.0949. The standard InChI is InChI=1S/C17H23N3O/c1-14-5-2-3-11-20(14)12-4-10-19-17(21)16-8-6-15(13-18)7-9-16/h6-9,14H,2-5,10-12H2,1H3,(H,19,21)/t14-/m0/s1. The van der Waals surface area contributed by atoms with Crippen molar-refractivity contribution >= 4 is 5.91 Å². The zero-order valence-corrected chi connectivity index (χ0v) is 12.6. The maximum Gasteiger partial charge on any atom is 0.251 e. The molecule has 0 saturated carbocycles. The summed E-state index contributed by atoms with van der Waals surface area (Å²) in [6.45, 7) is 5.22. The first-order valence-corrected chi connectivity index (χ1v) is 7.73. The summed E-state index contributed by atoms with van der Waals surface area (Å²) >= 11 is 0. The number of likely N-dealkylation sites (tertiary alicyclic amines) is 1. The number of carbonyl (C=O) groups excluding carboxylic acids is 1. The predicted octanol–water partition coefficient (Wildman–Crippen LogP) is 2.55. The molecule has 1 amide bonds. The monoisotopic (exact) mass is 285 g/mol. The molecule has 0 unspecified atom stereocenters. The van der Waals surface area contributed by atoms with Crippen molar-refractivity contribution in [1.29, 1.82) is 5.26 Å². The Morgan fingerprint density at radius 1 is 1.38 bits per heavy atom. The van der Waals surface area contributed by atoms with Gasteiger partial charge in [0.05, 0.1) is 11.6 Å². The van der Waals surface area contributed by atoms with E-state index in [0.29, 0.717) is 23.7 Å². The van der Waals surface area contributed by atoms with Crippen LogP contribution in [0.4, 0.5) is 0 Å². The Labute approximate surface area is 126 Å². The molecule has 2 rings (SSSR count). The second kappa shape index (κ2) is 7.80.